The maximum absolute atomic E-state index is 14.0. The number of ether oxygens (including phenoxy) is 1. The number of thiazole rings is 1. The Kier molecular flexibility index (Phi) is 5.89. The third-order valence-corrected chi connectivity index (χ3v) is 6.64. The van der Waals surface area contributed by atoms with Gasteiger partial charge in [-0.3, -0.25) is 9.40 Å². The summed E-state index contributed by atoms with van der Waals surface area (Å²) in [6.45, 7) is 2.48. The lowest BCUT2D eigenvalue weighted by atomic mass is 10.1. The van der Waals surface area contributed by atoms with Crippen molar-refractivity contribution in [2.75, 3.05) is 4.72 Å². The molecule has 0 radical (unpaired) electrons. The highest BCUT2D eigenvalue weighted by molar-refractivity contribution is 7.93. The van der Waals surface area contributed by atoms with Crippen LogP contribution in [0.1, 0.15) is 12.5 Å². The first-order valence-electron chi connectivity index (χ1n) is 9.37. The van der Waals surface area contributed by atoms with Crippen molar-refractivity contribution in [1.29, 1.82) is 5.26 Å². The minimum Gasteiger partial charge on any atom is -0.455 e. The number of nitrogens with zero attached hydrogens (tertiary/aromatic N) is 4. The smallest absolute Gasteiger partial charge is 0.263 e. The second kappa shape index (κ2) is 8.78. The van der Waals surface area contributed by atoms with Gasteiger partial charge < -0.3 is 4.74 Å². The Bertz CT molecular complexity index is 1410. The zero-order chi connectivity index (χ0) is 22.7. The Morgan fingerprint density at radius 3 is 2.72 bits per heavy atom. The molecule has 0 unspecified atom stereocenters. The van der Waals surface area contributed by atoms with E-state index in [4.69, 9.17) is 4.74 Å². The van der Waals surface area contributed by atoms with E-state index < -0.39 is 15.8 Å². The Morgan fingerprint density at radius 2 is 2.00 bits per heavy atom. The molecule has 0 aliphatic heterocycles. The van der Waals surface area contributed by atoms with Crippen LogP contribution in [0.4, 0.5) is 9.52 Å². The molecule has 2 aromatic carbocycles. The number of anilines is 1. The molecular weight excluding hydrogens is 453 g/mol. The summed E-state index contributed by atoms with van der Waals surface area (Å²) >= 11 is 1.13. The Balaban J connectivity index is 1.70. The van der Waals surface area contributed by atoms with Crippen LogP contribution >= 0.6 is 11.3 Å². The second-order valence-electron chi connectivity index (χ2n) is 6.49. The van der Waals surface area contributed by atoms with E-state index in [0.29, 0.717) is 23.6 Å². The van der Waals surface area contributed by atoms with Crippen LogP contribution in [0.3, 0.4) is 0 Å². The third kappa shape index (κ3) is 4.32. The molecule has 0 fully saturated rings. The number of aryl methyl sites for hydroxylation is 1. The number of benzene rings is 2. The van der Waals surface area contributed by atoms with Crippen molar-refractivity contribution in [3.8, 4) is 28.8 Å². The van der Waals surface area contributed by atoms with Gasteiger partial charge in [0.25, 0.3) is 10.0 Å². The molecule has 0 aliphatic carbocycles. The summed E-state index contributed by atoms with van der Waals surface area (Å²) < 4.78 is 49.2. The Hall–Kier alpha value is -3.75. The largest absolute Gasteiger partial charge is 0.455 e. The van der Waals surface area contributed by atoms with Crippen LogP contribution < -0.4 is 9.46 Å². The highest BCUT2D eigenvalue weighted by Crippen LogP contribution is 2.36. The normalized spacial score (nSPS) is 11.2. The molecule has 4 aromatic rings. The van der Waals surface area contributed by atoms with Gasteiger partial charge in [-0.2, -0.15) is 10.4 Å². The van der Waals surface area contributed by atoms with Crippen molar-refractivity contribution < 1.29 is 17.5 Å². The highest BCUT2D eigenvalue weighted by Gasteiger charge is 2.20. The molecule has 0 spiro atoms. The molecule has 4 rings (SSSR count). The number of aromatic nitrogens is 3. The molecule has 0 aliphatic rings. The minimum atomic E-state index is -3.93. The molecule has 32 heavy (non-hydrogen) atoms. The number of hydrogen-bond acceptors (Lipinski definition) is 7. The molecule has 2 aromatic heterocycles. The van der Waals surface area contributed by atoms with Crippen LogP contribution in [0.25, 0.3) is 11.3 Å². The standard InChI is InChI=1S/C21H16FN5O3S2/c1-2-27-18(7-8-25-27)17-12-15(22)3-5-20(17)30-19-6-4-16(11-14(19)13-23)32(28,29)26-21-24-9-10-31-21/h3-12H,2H2,1H3,(H,24,26). The van der Waals surface area contributed by atoms with Crippen molar-refractivity contribution in [3.05, 3.63) is 71.6 Å². The lowest BCUT2D eigenvalue weighted by Crippen LogP contribution is -2.13. The highest BCUT2D eigenvalue weighted by atomic mass is 32.2. The van der Waals surface area contributed by atoms with E-state index in [1.165, 1.54) is 42.6 Å². The van der Waals surface area contributed by atoms with E-state index in [1.54, 1.807) is 22.3 Å². The first-order chi connectivity index (χ1) is 15.4. The molecule has 8 nitrogen and oxygen atoms in total. The third-order valence-electron chi connectivity index (χ3n) is 4.49. The summed E-state index contributed by atoms with van der Waals surface area (Å²) in [5.41, 5.74) is 1.11. The summed E-state index contributed by atoms with van der Waals surface area (Å²) in [5, 5.41) is 15.6. The predicted octanol–water partition coefficient (Wildman–Crippen LogP) is 4.63. The zero-order valence-electron chi connectivity index (χ0n) is 16.7. The SMILES string of the molecule is CCn1nccc1-c1cc(F)ccc1Oc1ccc(S(=O)(=O)Nc2nccs2)cc1C#N. The van der Waals surface area contributed by atoms with E-state index in [1.807, 2.05) is 13.0 Å². The van der Waals surface area contributed by atoms with Crippen molar-refractivity contribution >= 4 is 26.5 Å². The summed E-state index contributed by atoms with van der Waals surface area (Å²) in [6, 6.07) is 11.6. The average Bonchev–Trinajstić information content (AvgIpc) is 3.46. The molecular formula is C21H16FN5O3S2. The summed E-state index contributed by atoms with van der Waals surface area (Å²) in [6.07, 6.45) is 3.08. The van der Waals surface area contributed by atoms with Crippen LogP contribution in [-0.2, 0) is 16.6 Å². The van der Waals surface area contributed by atoms with Crippen molar-refractivity contribution in [1.82, 2.24) is 14.8 Å². The van der Waals surface area contributed by atoms with Crippen LogP contribution in [0, 0.1) is 17.1 Å². The number of hydrogen-bond donors (Lipinski definition) is 1. The molecule has 0 saturated heterocycles. The van der Waals surface area contributed by atoms with E-state index in [-0.39, 0.29) is 21.3 Å². The predicted molar refractivity (Wildman–Crippen MR) is 117 cm³/mol. The molecule has 0 saturated carbocycles. The Labute approximate surface area is 187 Å². The van der Waals surface area contributed by atoms with Gasteiger partial charge in [0, 0.05) is 29.9 Å². The molecule has 0 bridgehead atoms. The van der Waals surface area contributed by atoms with Crippen LogP contribution in [0.15, 0.2) is 65.1 Å². The van der Waals surface area contributed by atoms with Gasteiger partial charge in [0.2, 0.25) is 0 Å². The number of nitriles is 1. The fourth-order valence-electron chi connectivity index (χ4n) is 3.02. The Morgan fingerprint density at radius 1 is 1.19 bits per heavy atom. The van der Waals surface area contributed by atoms with Gasteiger partial charge >= 0.3 is 0 Å². The molecule has 0 atom stereocenters. The van der Waals surface area contributed by atoms with Gasteiger partial charge in [-0.1, -0.05) is 0 Å². The monoisotopic (exact) mass is 469 g/mol. The van der Waals surface area contributed by atoms with Crippen LogP contribution in [0.2, 0.25) is 0 Å². The lowest BCUT2D eigenvalue weighted by Gasteiger charge is -2.14. The quantitative estimate of drug-likeness (QED) is 0.423. The van der Waals surface area contributed by atoms with Crippen molar-refractivity contribution in [2.24, 2.45) is 0 Å². The lowest BCUT2D eigenvalue weighted by molar-refractivity contribution is 0.479. The number of rotatable bonds is 7. The topological polar surface area (TPSA) is 110 Å². The van der Waals surface area contributed by atoms with Gasteiger partial charge in [0.15, 0.2) is 5.13 Å². The van der Waals surface area contributed by atoms with Gasteiger partial charge in [-0.15, -0.1) is 11.3 Å². The zero-order valence-corrected chi connectivity index (χ0v) is 18.3. The van der Waals surface area contributed by atoms with E-state index in [2.05, 4.69) is 14.8 Å². The maximum Gasteiger partial charge on any atom is 0.263 e. The molecule has 2 heterocycles. The van der Waals surface area contributed by atoms with Gasteiger partial charge in [-0.05, 0) is 49.4 Å². The second-order valence-corrected chi connectivity index (χ2v) is 9.06. The summed E-state index contributed by atoms with van der Waals surface area (Å²) in [5.74, 6) is -0.0165. The average molecular weight is 470 g/mol. The first-order valence-corrected chi connectivity index (χ1v) is 11.7. The van der Waals surface area contributed by atoms with Gasteiger partial charge in [0.1, 0.15) is 23.4 Å². The van der Waals surface area contributed by atoms with E-state index in [9.17, 15) is 18.1 Å². The molecule has 162 valence electrons. The van der Waals surface area contributed by atoms with Crippen LogP contribution in [-0.4, -0.2) is 23.2 Å². The maximum atomic E-state index is 14.0. The number of nitrogens with one attached hydrogen (secondary N) is 1. The van der Waals surface area contributed by atoms with E-state index in [0.717, 1.165) is 11.3 Å². The number of sulfonamides is 1. The molecule has 11 heteroatoms. The fraction of sp³-hybridized carbons (Fsp3) is 0.0952. The van der Waals surface area contributed by atoms with Crippen molar-refractivity contribution in [3.63, 3.8) is 0 Å². The summed E-state index contributed by atoms with van der Waals surface area (Å²) in [7, 11) is -3.93. The summed E-state index contributed by atoms with van der Waals surface area (Å²) in [4.78, 5) is 3.79. The molecule has 0 amide bonds. The van der Waals surface area contributed by atoms with E-state index >= 15 is 0 Å². The van der Waals surface area contributed by atoms with Crippen molar-refractivity contribution in [2.45, 2.75) is 18.4 Å². The van der Waals surface area contributed by atoms with Gasteiger partial charge in [0.05, 0.1) is 16.2 Å². The van der Waals surface area contributed by atoms with Gasteiger partial charge in [-0.25, -0.2) is 17.8 Å². The van der Waals surface area contributed by atoms with Crippen LogP contribution in [0.5, 0.6) is 11.5 Å². The number of halogens is 1. The molecule has 1 N–H and O–H groups in total. The minimum absolute atomic E-state index is 0.00582. The first kappa shape index (κ1) is 21.5. The fourth-order valence-corrected chi connectivity index (χ4v) is 4.84.